The number of carbonyl (C=O) groups excluding carboxylic acids is 2. The lowest BCUT2D eigenvalue weighted by Gasteiger charge is -2.16. The van der Waals surface area contributed by atoms with E-state index in [1.54, 1.807) is 42.5 Å². The normalized spacial score (nSPS) is 13.6. The fourth-order valence-electron chi connectivity index (χ4n) is 2.86. The summed E-state index contributed by atoms with van der Waals surface area (Å²) < 4.78 is 29.4. The molecule has 0 N–H and O–H groups in total. The third-order valence-electron chi connectivity index (χ3n) is 4.25. The summed E-state index contributed by atoms with van der Waals surface area (Å²) in [5, 5.41) is 0. The van der Waals surface area contributed by atoms with Gasteiger partial charge >= 0.3 is 5.97 Å². The molecule has 0 saturated carbocycles. The number of rotatable bonds is 7. The molecule has 27 heavy (non-hydrogen) atoms. The molecule has 2 aromatic rings. The van der Waals surface area contributed by atoms with Gasteiger partial charge in [0.25, 0.3) is 5.91 Å². The molecule has 0 aromatic heterocycles. The van der Waals surface area contributed by atoms with Crippen molar-refractivity contribution in [2.75, 3.05) is 18.9 Å². The molecule has 0 saturated heterocycles. The van der Waals surface area contributed by atoms with Gasteiger partial charge in [-0.2, -0.15) is 0 Å². The Morgan fingerprint density at radius 3 is 2.30 bits per heavy atom. The summed E-state index contributed by atoms with van der Waals surface area (Å²) in [6.45, 7) is 3.57. The minimum absolute atomic E-state index is 0.0354. The lowest BCUT2D eigenvalue weighted by Crippen LogP contribution is -2.30. The zero-order chi connectivity index (χ0) is 19.4. The predicted octanol–water partition coefficient (Wildman–Crippen LogP) is 2.52. The van der Waals surface area contributed by atoms with Gasteiger partial charge in [-0.05, 0) is 24.6 Å². The summed E-state index contributed by atoms with van der Waals surface area (Å²) in [7, 11) is -3.40. The molecule has 0 fully saturated rings. The number of esters is 1. The molecule has 1 amide bonds. The molecule has 0 radical (unpaired) electrons. The second-order valence-electron chi connectivity index (χ2n) is 6.09. The fraction of sp³-hybridized carbons (Fsp3) is 0.200. The molecule has 2 aromatic carbocycles. The van der Waals surface area contributed by atoms with E-state index < -0.39 is 15.8 Å². The number of hydrogen-bond donors (Lipinski definition) is 0. The Bertz CT molecular complexity index is 947. The van der Waals surface area contributed by atoms with Gasteiger partial charge in [-0.25, -0.2) is 8.42 Å². The number of fused-ring (bicyclic) bond motifs is 1. The van der Waals surface area contributed by atoms with Gasteiger partial charge in [0.05, 0.1) is 17.3 Å². The molecule has 1 aliphatic heterocycles. The summed E-state index contributed by atoms with van der Waals surface area (Å²) >= 11 is 0. The van der Waals surface area contributed by atoms with Crippen LogP contribution in [-0.2, 0) is 19.4 Å². The average molecular weight is 385 g/mol. The van der Waals surface area contributed by atoms with Crippen molar-refractivity contribution in [2.24, 2.45) is 0 Å². The minimum atomic E-state index is -3.40. The predicted molar refractivity (Wildman–Crippen MR) is 101 cm³/mol. The van der Waals surface area contributed by atoms with Crippen LogP contribution >= 0.6 is 0 Å². The quantitative estimate of drug-likeness (QED) is 0.540. The molecule has 6 nitrogen and oxygen atoms in total. The van der Waals surface area contributed by atoms with Crippen molar-refractivity contribution in [2.45, 2.75) is 11.3 Å². The fourth-order valence-corrected chi connectivity index (χ4v) is 4.16. The molecule has 1 heterocycles. The van der Waals surface area contributed by atoms with Crippen molar-refractivity contribution in [3.05, 3.63) is 72.3 Å². The first kappa shape index (κ1) is 18.8. The molecule has 0 bridgehead atoms. The van der Waals surface area contributed by atoms with Crippen molar-refractivity contribution < 1.29 is 22.7 Å². The zero-order valence-electron chi connectivity index (χ0n) is 14.6. The highest BCUT2D eigenvalue weighted by Gasteiger charge is 2.32. The SMILES string of the molecule is C=C1c2ccccc2C(=O)N1CC(=O)OCCCS(=O)(=O)c1ccccc1. The molecular weight excluding hydrogens is 366 g/mol. The number of sulfone groups is 1. The van der Waals surface area contributed by atoms with Crippen LogP contribution in [0.2, 0.25) is 0 Å². The van der Waals surface area contributed by atoms with E-state index in [2.05, 4.69) is 6.58 Å². The van der Waals surface area contributed by atoms with E-state index >= 15 is 0 Å². The van der Waals surface area contributed by atoms with Crippen molar-refractivity contribution in [3.8, 4) is 0 Å². The summed E-state index contributed by atoms with van der Waals surface area (Å²) in [5.74, 6) is -1.01. The Labute approximate surface area is 158 Å². The van der Waals surface area contributed by atoms with Crippen LogP contribution in [0, 0.1) is 0 Å². The second-order valence-corrected chi connectivity index (χ2v) is 8.20. The van der Waals surface area contributed by atoms with Gasteiger partial charge in [-0.3, -0.25) is 14.5 Å². The molecule has 3 rings (SSSR count). The Hall–Kier alpha value is -2.93. The monoisotopic (exact) mass is 385 g/mol. The third kappa shape index (κ3) is 4.09. The topological polar surface area (TPSA) is 80.8 Å². The Morgan fingerprint density at radius 2 is 1.63 bits per heavy atom. The standard InChI is InChI=1S/C20H19NO5S/c1-15-17-10-5-6-11-18(17)20(23)21(15)14-19(22)26-12-7-13-27(24,25)16-8-3-2-4-9-16/h2-6,8-11H,1,7,12-14H2. The molecule has 1 aliphatic rings. The van der Waals surface area contributed by atoms with Crippen molar-refractivity contribution in [3.63, 3.8) is 0 Å². The molecule has 0 aliphatic carbocycles. The van der Waals surface area contributed by atoms with Crippen LogP contribution in [0.3, 0.4) is 0 Å². The van der Waals surface area contributed by atoms with Crippen molar-refractivity contribution in [1.82, 2.24) is 4.90 Å². The molecule has 0 atom stereocenters. The van der Waals surface area contributed by atoms with Crippen LogP contribution in [0.4, 0.5) is 0 Å². The molecule has 0 unspecified atom stereocenters. The van der Waals surface area contributed by atoms with E-state index in [1.807, 2.05) is 0 Å². The van der Waals surface area contributed by atoms with Gasteiger partial charge in [0.2, 0.25) is 0 Å². The van der Waals surface area contributed by atoms with Gasteiger partial charge < -0.3 is 4.74 Å². The summed E-state index contributed by atoms with van der Waals surface area (Å²) in [6, 6.07) is 15.1. The maximum absolute atomic E-state index is 12.3. The molecule has 140 valence electrons. The largest absolute Gasteiger partial charge is 0.464 e. The van der Waals surface area contributed by atoms with E-state index in [4.69, 9.17) is 4.74 Å². The van der Waals surface area contributed by atoms with Crippen LogP contribution in [0.1, 0.15) is 22.3 Å². The number of ether oxygens (including phenoxy) is 1. The lowest BCUT2D eigenvalue weighted by molar-refractivity contribution is -0.143. The number of benzene rings is 2. The van der Waals surface area contributed by atoms with Gasteiger partial charge in [0, 0.05) is 16.8 Å². The lowest BCUT2D eigenvalue weighted by atomic mass is 10.1. The van der Waals surface area contributed by atoms with Crippen LogP contribution < -0.4 is 0 Å². The van der Waals surface area contributed by atoms with Crippen molar-refractivity contribution in [1.29, 1.82) is 0 Å². The average Bonchev–Trinajstić information content (AvgIpc) is 2.91. The first-order chi connectivity index (χ1) is 12.9. The number of hydrogen-bond acceptors (Lipinski definition) is 5. The molecule has 0 spiro atoms. The number of amides is 1. The minimum Gasteiger partial charge on any atom is -0.464 e. The highest BCUT2D eigenvalue weighted by Crippen LogP contribution is 2.30. The van der Waals surface area contributed by atoms with Crippen LogP contribution in [0.5, 0.6) is 0 Å². The highest BCUT2D eigenvalue weighted by molar-refractivity contribution is 7.91. The van der Waals surface area contributed by atoms with Gasteiger partial charge in [-0.1, -0.05) is 43.0 Å². The number of nitrogens with zero attached hydrogens (tertiary/aromatic N) is 1. The van der Waals surface area contributed by atoms with E-state index in [1.165, 1.54) is 17.0 Å². The summed E-state index contributed by atoms with van der Waals surface area (Å²) in [6.07, 6.45) is 0.179. The van der Waals surface area contributed by atoms with Crippen LogP contribution in [0.25, 0.3) is 5.70 Å². The van der Waals surface area contributed by atoms with E-state index in [0.717, 1.165) is 0 Å². The third-order valence-corrected chi connectivity index (χ3v) is 6.07. The summed E-state index contributed by atoms with van der Waals surface area (Å²) in [4.78, 5) is 25.9. The first-order valence-electron chi connectivity index (χ1n) is 8.44. The highest BCUT2D eigenvalue weighted by atomic mass is 32.2. The van der Waals surface area contributed by atoms with Crippen LogP contribution in [-0.4, -0.2) is 44.1 Å². The van der Waals surface area contributed by atoms with Crippen LogP contribution in [0.15, 0.2) is 66.1 Å². The van der Waals surface area contributed by atoms with Crippen molar-refractivity contribution >= 4 is 27.4 Å². The molecular formula is C20H19NO5S. The number of carbonyl (C=O) groups is 2. The van der Waals surface area contributed by atoms with Gasteiger partial charge in [0.15, 0.2) is 9.84 Å². The zero-order valence-corrected chi connectivity index (χ0v) is 15.4. The Balaban J connectivity index is 1.49. The smallest absolute Gasteiger partial charge is 0.326 e. The summed E-state index contributed by atoms with van der Waals surface area (Å²) in [5.41, 5.74) is 1.66. The Morgan fingerprint density at radius 1 is 1.00 bits per heavy atom. The van der Waals surface area contributed by atoms with E-state index in [9.17, 15) is 18.0 Å². The maximum atomic E-state index is 12.3. The van der Waals surface area contributed by atoms with E-state index in [0.29, 0.717) is 16.8 Å². The van der Waals surface area contributed by atoms with Gasteiger partial charge in [0.1, 0.15) is 6.54 Å². The Kier molecular flexibility index (Phi) is 5.41. The van der Waals surface area contributed by atoms with E-state index in [-0.39, 0.29) is 36.1 Å². The first-order valence-corrected chi connectivity index (χ1v) is 10.1. The molecule has 7 heteroatoms. The van der Waals surface area contributed by atoms with Gasteiger partial charge in [-0.15, -0.1) is 0 Å². The second kappa shape index (κ2) is 7.75. The maximum Gasteiger partial charge on any atom is 0.326 e.